The predicted molar refractivity (Wildman–Crippen MR) is 136 cm³/mol. The molecule has 1 aliphatic rings. The number of pyridine rings is 2. The molecule has 0 aliphatic carbocycles. The number of methoxy groups -OCH3 is 1. The van der Waals surface area contributed by atoms with Crippen LogP contribution in [0.4, 0.5) is 5.82 Å². The molecular formula is C26H28N4O7. The molecule has 1 aliphatic heterocycles. The minimum absolute atomic E-state index is 0.118. The summed E-state index contributed by atoms with van der Waals surface area (Å²) in [6.07, 6.45) is 1.49. The summed E-state index contributed by atoms with van der Waals surface area (Å²) in [6, 6.07) is 15.0. The first kappa shape index (κ1) is 27.2. The zero-order valence-corrected chi connectivity index (χ0v) is 20.7. The van der Waals surface area contributed by atoms with E-state index in [2.05, 4.69) is 14.9 Å². The number of carboxylic acids is 2. The third-order valence-electron chi connectivity index (χ3n) is 5.27. The van der Waals surface area contributed by atoms with E-state index in [1.54, 1.807) is 18.1 Å². The monoisotopic (exact) mass is 508 g/mol. The molecule has 11 nitrogen and oxygen atoms in total. The van der Waals surface area contributed by atoms with Gasteiger partial charge in [-0.1, -0.05) is 18.2 Å². The van der Waals surface area contributed by atoms with Gasteiger partial charge < -0.3 is 24.6 Å². The number of carbonyl (C=O) groups excluding carboxylic acids is 1. The number of fused-ring (bicyclic) bond motifs is 2. The molecule has 37 heavy (non-hydrogen) atoms. The van der Waals surface area contributed by atoms with Crippen LogP contribution >= 0.6 is 0 Å². The fourth-order valence-electron chi connectivity index (χ4n) is 3.61. The van der Waals surface area contributed by atoms with E-state index in [0.717, 1.165) is 23.9 Å². The highest BCUT2D eigenvalue weighted by Crippen LogP contribution is 2.38. The first-order valence-corrected chi connectivity index (χ1v) is 11.4. The smallest absolute Gasteiger partial charge is 0.328 e. The van der Waals surface area contributed by atoms with Crippen molar-refractivity contribution in [2.75, 3.05) is 39.3 Å². The number of aliphatic carboxylic acids is 2. The van der Waals surface area contributed by atoms with Crippen molar-refractivity contribution in [3.63, 3.8) is 0 Å². The lowest BCUT2D eigenvalue weighted by Crippen LogP contribution is -2.30. The Labute approximate surface area is 213 Å². The first-order valence-electron chi connectivity index (χ1n) is 11.4. The molecule has 1 atom stereocenters. The number of anilines is 1. The van der Waals surface area contributed by atoms with Crippen LogP contribution in [0.15, 0.2) is 60.7 Å². The molecular weight excluding hydrogens is 480 g/mol. The van der Waals surface area contributed by atoms with Crippen LogP contribution in [-0.2, 0) is 14.3 Å². The van der Waals surface area contributed by atoms with E-state index in [-0.39, 0.29) is 5.91 Å². The van der Waals surface area contributed by atoms with Gasteiger partial charge in [-0.15, -0.1) is 0 Å². The van der Waals surface area contributed by atoms with Crippen molar-refractivity contribution in [2.24, 2.45) is 0 Å². The van der Waals surface area contributed by atoms with Crippen LogP contribution in [0.1, 0.15) is 28.6 Å². The molecule has 1 unspecified atom stereocenters. The van der Waals surface area contributed by atoms with Gasteiger partial charge in [0.25, 0.3) is 5.91 Å². The Morgan fingerprint density at radius 3 is 2.35 bits per heavy atom. The zero-order valence-electron chi connectivity index (χ0n) is 20.7. The molecule has 2 N–H and O–H groups in total. The lowest BCUT2D eigenvalue weighted by molar-refractivity contribution is -0.134. The Bertz CT molecular complexity index is 1290. The van der Waals surface area contributed by atoms with E-state index < -0.39 is 18.2 Å². The van der Waals surface area contributed by atoms with Crippen LogP contribution in [-0.4, -0.2) is 77.3 Å². The second-order valence-electron chi connectivity index (χ2n) is 8.22. The molecule has 0 saturated heterocycles. The van der Waals surface area contributed by atoms with Gasteiger partial charge in [0, 0.05) is 34.7 Å². The number of carboxylic acid groups (broad SMARTS) is 2. The normalized spacial score (nSPS) is 14.5. The molecule has 194 valence electrons. The topological polar surface area (TPSA) is 142 Å². The number of hydrogen-bond donors (Lipinski definition) is 2. The Kier molecular flexibility index (Phi) is 9.25. The van der Waals surface area contributed by atoms with Crippen molar-refractivity contribution in [3.05, 3.63) is 71.8 Å². The molecule has 11 heteroatoms. The third-order valence-corrected chi connectivity index (χ3v) is 5.27. The Balaban J connectivity index is 0.000000414. The van der Waals surface area contributed by atoms with E-state index in [9.17, 15) is 14.4 Å². The van der Waals surface area contributed by atoms with E-state index in [1.807, 2.05) is 56.6 Å². The van der Waals surface area contributed by atoms with Crippen molar-refractivity contribution >= 4 is 34.7 Å². The third kappa shape index (κ3) is 7.09. The molecule has 3 heterocycles. The van der Waals surface area contributed by atoms with Crippen molar-refractivity contribution < 1.29 is 34.1 Å². The van der Waals surface area contributed by atoms with Crippen LogP contribution in [0.25, 0.3) is 11.0 Å². The maximum atomic E-state index is 13.2. The Hall–Kier alpha value is -4.35. The summed E-state index contributed by atoms with van der Waals surface area (Å²) >= 11 is 0. The minimum atomic E-state index is -1.26. The predicted octanol–water partition coefficient (Wildman–Crippen LogP) is 2.98. The molecule has 0 radical (unpaired) electrons. The fraction of sp³-hybridized carbons (Fsp3) is 0.269. The van der Waals surface area contributed by atoms with Crippen LogP contribution in [0, 0.1) is 0 Å². The maximum Gasteiger partial charge on any atom is 0.328 e. The Morgan fingerprint density at radius 2 is 1.70 bits per heavy atom. The molecule has 0 spiro atoms. The van der Waals surface area contributed by atoms with Crippen molar-refractivity contribution in [1.29, 1.82) is 0 Å². The highest BCUT2D eigenvalue weighted by Gasteiger charge is 2.39. The number of benzene rings is 1. The van der Waals surface area contributed by atoms with Gasteiger partial charge in [0.2, 0.25) is 5.88 Å². The summed E-state index contributed by atoms with van der Waals surface area (Å²) in [5.41, 5.74) is 2.03. The first-order chi connectivity index (χ1) is 17.7. The van der Waals surface area contributed by atoms with Gasteiger partial charge in [0.15, 0.2) is 11.9 Å². The number of ether oxygens (including phenoxy) is 2. The highest BCUT2D eigenvalue weighted by atomic mass is 16.5. The summed E-state index contributed by atoms with van der Waals surface area (Å²) in [7, 11) is 5.62. The standard InChI is InChI=1S/C22H24N4O3.C4H4O4/c1-25(2)13-6-14-29-22-17-8-5-4-7-16(17)21(27)26(22)18-11-9-15-10-12-19(28-3)24-20(15)23-18;5-3(6)1-2-4(7)8/h4-5,7-12,22H,6,13-14H2,1-3H3;1-2H,(H,5,6)(H,7,8). The second-order valence-corrected chi connectivity index (χ2v) is 8.22. The molecule has 0 bridgehead atoms. The van der Waals surface area contributed by atoms with Crippen molar-refractivity contribution in [2.45, 2.75) is 12.6 Å². The van der Waals surface area contributed by atoms with Gasteiger partial charge in [-0.2, -0.15) is 4.98 Å². The van der Waals surface area contributed by atoms with Crippen molar-refractivity contribution in [3.8, 4) is 5.88 Å². The van der Waals surface area contributed by atoms with Crippen LogP contribution in [0.5, 0.6) is 5.88 Å². The number of nitrogens with zero attached hydrogens (tertiary/aromatic N) is 4. The van der Waals surface area contributed by atoms with Crippen LogP contribution in [0.3, 0.4) is 0 Å². The van der Waals surface area contributed by atoms with E-state index in [4.69, 9.17) is 19.7 Å². The highest BCUT2D eigenvalue weighted by molar-refractivity contribution is 6.10. The second kappa shape index (κ2) is 12.6. The lowest BCUT2D eigenvalue weighted by atomic mass is 10.1. The Morgan fingerprint density at radius 1 is 1.03 bits per heavy atom. The minimum Gasteiger partial charge on any atom is -0.481 e. The summed E-state index contributed by atoms with van der Waals surface area (Å²) in [4.78, 5) is 45.0. The maximum absolute atomic E-state index is 13.2. The summed E-state index contributed by atoms with van der Waals surface area (Å²) in [5, 5.41) is 16.5. The lowest BCUT2D eigenvalue weighted by Gasteiger charge is -2.25. The quantitative estimate of drug-likeness (QED) is 0.327. The SMILES string of the molecule is COc1ccc2ccc(N3C(=O)c4ccccc4C3OCCCN(C)C)nc2n1.O=C(O)C=CC(=O)O. The average molecular weight is 509 g/mol. The molecule has 1 aromatic carbocycles. The van der Waals surface area contributed by atoms with Gasteiger partial charge >= 0.3 is 11.9 Å². The van der Waals surface area contributed by atoms with Crippen molar-refractivity contribution in [1.82, 2.24) is 14.9 Å². The number of aromatic nitrogens is 2. The van der Waals surface area contributed by atoms with Gasteiger partial charge in [-0.25, -0.2) is 14.6 Å². The largest absolute Gasteiger partial charge is 0.481 e. The average Bonchev–Trinajstić information content (AvgIpc) is 3.16. The number of rotatable bonds is 9. The summed E-state index contributed by atoms with van der Waals surface area (Å²) in [6.45, 7) is 1.46. The molecule has 4 rings (SSSR count). The molecule has 1 amide bonds. The van der Waals surface area contributed by atoms with E-state index >= 15 is 0 Å². The molecule has 0 fully saturated rings. The van der Waals surface area contributed by atoms with E-state index in [0.29, 0.717) is 41.7 Å². The molecule has 2 aromatic heterocycles. The van der Waals surface area contributed by atoms with E-state index in [1.165, 1.54) is 0 Å². The summed E-state index contributed by atoms with van der Waals surface area (Å²) in [5.74, 6) is -1.64. The molecule has 0 saturated carbocycles. The van der Waals surface area contributed by atoms with Gasteiger partial charge in [0.1, 0.15) is 5.82 Å². The fourth-order valence-corrected chi connectivity index (χ4v) is 3.61. The molecule has 3 aromatic rings. The zero-order chi connectivity index (χ0) is 26.9. The van der Waals surface area contributed by atoms with Gasteiger partial charge in [0.05, 0.1) is 13.7 Å². The number of hydrogen-bond acceptors (Lipinski definition) is 8. The van der Waals surface area contributed by atoms with Gasteiger partial charge in [-0.3, -0.25) is 9.69 Å². The van der Waals surface area contributed by atoms with Crippen LogP contribution < -0.4 is 9.64 Å². The van der Waals surface area contributed by atoms with Gasteiger partial charge in [-0.05, 0) is 51.3 Å². The van der Waals surface area contributed by atoms with Crippen LogP contribution in [0.2, 0.25) is 0 Å². The number of amides is 1. The summed E-state index contributed by atoms with van der Waals surface area (Å²) < 4.78 is 11.4. The number of carbonyl (C=O) groups is 3.